The summed E-state index contributed by atoms with van der Waals surface area (Å²) >= 11 is 1.22. The molecule has 0 saturated heterocycles. The van der Waals surface area contributed by atoms with Crippen LogP contribution in [0, 0.1) is 5.82 Å². The van der Waals surface area contributed by atoms with Gasteiger partial charge in [0.25, 0.3) is 5.91 Å². The third-order valence-electron chi connectivity index (χ3n) is 4.74. The molecule has 1 aromatic heterocycles. The van der Waals surface area contributed by atoms with Gasteiger partial charge in [0, 0.05) is 23.6 Å². The maximum atomic E-state index is 14.7. The van der Waals surface area contributed by atoms with Crippen LogP contribution in [0.3, 0.4) is 0 Å². The summed E-state index contributed by atoms with van der Waals surface area (Å²) in [6.07, 6.45) is 0. The summed E-state index contributed by atoms with van der Waals surface area (Å²) < 4.78 is 25.6. The van der Waals surface area contributed by atoms with E-state index in [1.54, 1.807) is 24.6 Å². The van der Waals surface area contributed by atoms with Gasteiger partial charge in [0.05, 0.1) is 7.11 Å². The van der Waals surface area contributed by atoms with Crippen LogP contribution in [0.15, 0.2) is 78.2 Å². The average Bonchev–Trinajstić information content (AvgIpc) is 3.32. The molecule has 3 aromatic carbocycles. The fourth-order valence-corrected chi connectivity index (χ4v) is 3.89. The molecule has 4 rings (SSSR count). The van der Waals surface area contributed by atoms with Crippen LogP contribution in [0.5, 0.6) is 11.5 Å². The summed E-state index contributed by atoms with van der Waals surface area (Å²) in [5.74, 6) is 0.389. The van der Waals surface area contributed by atoms with E-state index in [1.807, 2.05) is 54.6 Å². The Hall–Kier alpha value is -3.71. The van der Waals surface area contributed by atoms with Crippen LogP contribution in [0.25, 0.3) is 10.6 Å². The first-order valence-electron chi connectivity index (χ1n) is 9.95. The third kappa shape index (κ3) is 5.31. The van der Waals surface area contributed by atoms with E-state index in [1.165, 1.54) is 17.4 Å². The highest BCUT2D eigenvalue weighted by atomic mass is 32.1. The summed E-state index contributed by atoms with van der Waals surface area (Å²) in [6.45, 7) is 0.694. The van der Waals surface area contributed by atoms with Crippen LogP contribution in [-0.4, -0.2) is 18.0 Å². The van der Waals surface area contributed by atoms with Gasteiger partial charge in [-0.05, 0) is 35.4 Å². The predicted octanol–water partition coefficient (Wildman–Crippen LogP) is 5.47. The lowest BCUT2D eigenvalue weighted by Gasteiger charge is -2.09. The van der Waals surface area contributed by atoms with Gasteiger partial charge < -0.3 is 14.8 Å². The van der Waals surface area contributed by atoms with Crippen LogP contribution in [0.1, 0.15) is 21.6 Å². The minimum atomic E-state index is -0.460. The number of halogens is 1. The van der Waals surface area contributed by atoms with Crippen LogP contribution < -0.4 is 14.8 Å². The molecule has 0 aliphatic heterocycles. The zero-order chi connectivity index (χ0) is 22.3. The van der Waals surface area contributed by atoms with Gasteiger partial charge in [0.2, 0.25) is 0 Å². The van der Waals surface area contributed by atoms with E-state index in [-0.39, 0.29) is 11.6 Å². The second-order valence-electron chi connectivity index (χ2n) is 6.99. The van der Waals surface area contributed by atoms with E-state index in [9.17, 15) is 9.18 Å². The highest BCUT2D eigenvalue weighted by Crippen LogP contribution is 2.29. The summed E-state index contributed by atoms with van der Waals surface area (Å²) in [6, 6.07) is 21.7. The Morgan fingerprint density at radius 3 is 2.59 bits per heavy atom. The summed E-state index contributed by atoms with van der Waals surface area (Å²) in [5.41, 5.74) is 2.50. The molecule has 4 aromatic rings. The minimum absolute atomic E-state index is 0.263. The van der Waals surface area contributed by atoms with Crippen LogP contribution >= 0.6 is 11.3 Å². The van der Waals surface area contributed by atoms with Gasteiger partial charge in [0.15, 0.2) is 0 Å². The van der Waals surface area contributed by atoms with Crippen molar-refractivity contribution in [3.8, 4) is 22.1 Å². The van der Waals surface area contributed by atoms with E-state index in [4.69, 9.17) is 9.47 Å². The predicted molar refractivity (Wildman–Crippen MR) is 122 cm³/mol. The summed E-state index contributed by atoms with van der Waals surface area (Å²) in [4.78, 5) is 16.7. The van der Waals surface area contributed by atoms with E-state index in [0.29, 0.717) is 29.5 Å². The summed E-state index contributed by atoms with van der Waals surface area (Å²) in [5, 5.41) is 4.89. The molecule has 0 atom stereocenters. The molecule has 5 nitrogen and oxygen atoms in total. The van der Waals surface area contributed by atoms with Crippen molar-refractivity contribution >= 4 is 17.2 Å². The van der Waals surface area contributed by atoms with Gasteiger partial charge >= 0.3 is 0 Å². The van der Waals surface area contributed by atoms with Crippen molar-refractivity contribution in [3.63, 3.8) is 0 Å². The van der Waals surface area contributed by atoms with E-state index >= 15 is 0 Å². The molecule has 0 radical (unpaired) electrons. The van der Waals surface area contributed by atoms with Crippen molar-refractivity contribution in [2.75, 3.05) is 7.11 Å². The Labute approximate surface area is 189 Å². The molecule has 1 N–H and O–H groups in total. The molecule has 162 valence electrons. The first-order chi connectivity index (χ1) is 15.6. The standard InChI is InChI=1S/C25H21FN2O3S/c1-30-19-9-5-8-18(12-19)15-31-20-10-11-21(22(26)13-20)25-28-23(16-32-25)24(29)27-14-17-6-3-2-4-7-17/h2-13,16H,14-15H2,1H3,(H,27,29). The topological polar surface area (TPSA) is 60.5 Å². The monoisotopic (exact) mass is 448 g/mol. The molecule has 0 spiro atoms. The van der Waals surface area contributed by atoms with E-state index in [0.717, 1.165) is 16.9 Å². The minimum Gasteiger partial charge on any atom is -0.497 e. The number of aromatic nitrogens is 1. The highest BCUT2D eigenvalue weighted by Gasteiger charge is 2.15. The van der Waals surface area contributed by atoms with Crippen molar-refractivity contribution in [2.45, 2.75) is 13.2 Å². The zero-order valence-electron chi connectivity index (χ0n) is 17.4. The average molecular weight is 449 g/mol. The van der Waals surface area contributed by atoms with Gasteiger partial charge in [-0.15, -0.1) is 11.3 Å². The van der Waals surface area contributed by atoms with Gasteiger partial charge in [0.1, 0.15) is 34.6 Å². The molecular formula is C25H21FN2O3S. The quantitative estimate of drug-likeness (QED) is 0.389. The number of hydrogen-bond donors (Lipinski definition) is 1. The Morgan fingerprint density at radius 2 is 1.81 bits per heavy atom. The summed E-state index contributed by atoms with van der Waals surface area (Å²) in [7, 11) is 1.60. The highest BCUT2D eigenvalue weighted by molar-refractivity contribution is 7.13. The molecule has 32 heavy (non-hydrogen) atoms. The molecule has 0 saturated carbocycles. The number of rotatable bonds is 8. The molecule has 0 unspecified atom stereocenters. The fraction of sp³-hybridized carbons (Fsp3) is 0.120. The number of nitrogens with one attached hydrogen (secondary N) is 1. The fourth-order valence-electron chi connectivity index (χ4n) is 3.06. The molecule has 1 amide bonds. The zero-order valence-corrected chi connectivity index (χ0v) is 18.2. The van der Waals surface area contributed by atoms with Crippen molar-refractivity contribution in [1.29, 1.82) is 0 Å². The number of carbonyl (C=O) groups excluding carboxylic acids is 1. The largest absolute Gasteiger partial charge is 0.497 e. The first kappa shape index (κ1) is 21.5. The van der Waals surface area contributed by atoms with Crippen molar-refractivity contribution in [2.24, 2.45) is 0 Å². The Bertz CT molecular complexity index is 1210. The maximum Gasteiger partial charge on any atom is 0.271 e. The number of hydrogen-bond acceptors (Lipinski definition) is 5. The molecule has 0 bridgehead atoms. The number of amides is 1. The molecule has 1 heterocycles. The van der Waals surface area contributed by atoms with Crippen LogP contribution in [0.2, 0.25) is 0 Å². The number of thiazole rings is 1. The molecule has 0 aliphatic carbocycles. The van der Waals surface area contributed by atoms with Gasteiger partial charge in [-0.2, -0.15) is 0 Å². The lowest BCUT2D eigenvalue weighted by Crippen LogP contribution is -2.23. The Balaban J connectivity index is 1.39. The van der Waals surface area contributed by atoms with Crippen molar-refractivity contribution in [1.82, 2.24) is 10.3 Å². The third-order valence-corrected chi connectivity index (χ3v) is 5.62. The van der Waals surface area contributed by atoms with Crippen LogP contribution in [-0.2, 0) is 13.2 Å². The van der Waals surface area contributed by atoms with Gasteiger partial charge in [-0.1, -0.05) is 42.5 Å². The molecular weight excluding hydrogens is 427 g/mol. The van der Waals surface area contributed by atoms with E-state index in [2.05, 4.69) is 10.3 Å². The van der Waals surface area contributed by atoms with Crippen molar-refractivity contribution < 1.29 is 18.7 Å². The second kappa shape index (κ2) is 10.1. The number of nitrogens with zero attached hydrogens (tertiary/aromatic N) is 1. The normalized spacial score (nSPS) is 10.6. The van der Waals surface area contributed by atoms with Gasteiger partial charge in [-0.3, -0.25) is 4.79 Å². The SMILES string of the molecule is COc1cccc(COc2ccc(-c3nc(C(=O)NCc4ccccc4)cs3)c(F)c2)c1. The smallest absolute Gasteiger partial charge is 0.271 e. The second-order valence-corrected chi connectivity index (χ2v) is 7.85. The lowest BCUT2D eigenvalue weighted by molar-refractivity contribution is 0.0946. The Kier molecular flexibility index (Phi) is 6.77. The van der Waals surface area contributed by atoms with E-state index < -0.39 is 5.82 Å². The van der Waals surface area contributed by atoms with Crippen molar-refractivity contribution in [3.05, 3.63) is 101 Å². The molecule has 0 aliphatic rings. The Morgan fingerprint density at radius 1 is 1.00 bits per heavy atom. The van der Waals surface area contributed by atoms with Gasteiger partial charge in [-0.25, -0.2) is 9.37 Å². The number of ether oxygens (including phenoxy) is 2. The molecule has 7 heteroatoms. The number of methoxy groups -OCH3 is 1. The number of carbonyl (C=O) groups is 1. The van der Waals surface area contributed by atoms with Crippen LogP contribution in [0.4, 0.5) is 4.39 Å². The number of benzene rings is 3. The lowest BCUT2D eigenvalue weighted by atomic mass is 10.2. The maximum absolute atomic E-state index is 14.7. The molecule has 0 fully saturated rings. The first-order valence-corrected chi connectivity index (χ1v) is 10.8.